The van der Waals surface area contributed by atoms with Gasteiger partial charge >= 0.3 is 6.03 Å². The molecule has 1 N–H and O–H groups in total. The van der Waals surface area contributed by atoms with E-state index in [2.05, 4.69) is 33.0 Å². The molecule has 0 saturated carbocycles. The van der Waals surface area contributed by atoms with Gasteiger partial charge in [0.25, 0.3) is 0 Å². The highest BCUT2D eigenvalue weighted by molar-refractivity contribution is 5.91. The van der Waals surface area contributed by atoms with Crippen LogP contribution in [0.25, 0.3) is 0 Å². The Morgan fingerprint density at radius 3 is 2.38 bits per heavy atom. The third kappa shape index (κ3) is 5.81. The fourth-order valence-electron chi connectivity index (χ4n) is 4.60. The topological polar surface area (TPSA) is 85.4 Å². The molecular weight excluding hydrogens is 434 g/mol. The average Bonchev–Trinajstić information content (AvgIpc) is 2.78. The van der Waals surface area contributed by atoms with E-state index in [0.717, 1.165) is 17.7 Å². The van der Waals surface area contributed by atoms with Gasteiger partial charge in [-0.2, -0.15) is 0 Å². The van der Waals surface area contributed by atoms with E-state index in [0.29, 0.717) is 32.0 Å². The van der Waals surface area contributed by atoms with Crippen molar-refractivity contribution in [3.63, 3.8) is 0 Å². The van der Waals surface area contributed by atoms with Crippen molar-refractivity contribution in [2.24, 2.45) is 11.8 Å². The SMILES string of the molecule is COc1ccc(CNC(=O)N2[C@H]3CN(CCC(C)C)C(=O)[C@H](CC(C)C)N3C(=O)CN2C)cc1. The zero-order valence-corrected chi connectivity index (χ0v) is 21.3. The number of likely N-dealkylation sites (N-methyl/N-ethyl adjacent to an activating group) is 1. The number of benzene rings is 1. The second-order valence-electron chi connectivity index (χ2n) is 10.1. The molecule has 2 aliphatic rings. The van der Waals surface area contributed by atoms with Crippen LogP contribution in [0.2, 0.25) is 0 Å². The Kier molecular flexibility index (Phi) is 8.41. The maximum Gasteiger partial charge on any atom is 0.334 e. The first-order chi connectivity index (χ1) is 16.1. The number of ether oxygens (including phenoxy) is 1. The van der Waals surface area contributed by atoms with Crippen molar-refractivity contribution in [1.82, 2.24) is 25.1 Å². The molecule has 2 saturated heterocycles. The first kappa shape index (κ1) is 25.8. The molecule has 0 aromatic heterocycles. The quantitative estimate of drug-likeness (QED) is 0.627. The fourth-order valence-corrected chi connectivity index (χ4v) is 4.60. The summed E-state index contributed by atoms with van der Waals surface area (Å²) in [6.45, 7) is 9.69. The number of hydrazine groups is 1. The van der Waals surface area contributed by atoms with E-state index in [1.54, 1.807) is 29.1 Å². The molecule has 188 valence electrons. The number of piperazine rings is 1. The maximum absolute atomic E-state index is 13.4. The molecule has 34 heavy (non-hydrogen) atoms. The number of hydrogen-bond donors (Lipinski definition) is 1. The number of fused-ring (bicyclic) bond motifs is 1. The molecule has 0 bridgehead atoms. The van der Waals surface area contributed by atoms with Crippen LogP contribution in [0.5, 0.6) is 5.75 Å². The molecule has 9 nitrogen and oxygen atoms in total. The van der Waals surface area contributed by atoms with Gasteiger partial charge in [0.2, 0.25) is 11.8 Å². The summed E-state index contributed by atoms with van der Waals surface area (Å²) in [6.07, 6.45) is 0.917. The molecule has 2 fully saturated rings. The van der Waals surface area contributed by atoms with Crippen LogP contribution in [0.4, 0.5) is 4.79 Å². The monoisotopic (exact) mass is 473 g/mol. The van der Waals surface area contributed by atoms with Gasteiger partial charge in [-0.05, 0) is 42.4 Å². The summed E-state index contributed by atoms with van der Waals surface area (Å²) in [4.78, 5) is 43.3. The zero-order valence-electron chi connectivity index (χ0n) is 21.3. The van der Waals surface area contributed by atoms with Crippen LogP contribution < -0.4 is 10.1 Å². The van der Waals surface area contributed by atoms with E-state index >= 15 is 0 Å². The summed E-state index contributed by atoms with van der Waals surface area (Å²) >= 11 is 0. The van der Waals surface area contributed by atoms with Gasteiger partial charge in [-0.3, -0.25) is 9.59 Å². The molecular formula is C25H39N5O4. The van der Waals surface area contributed by atoms with Crippen LogP contribution in [-0.2, 0) is 16.1 Å². The van der Waals surface area contributed by atoms with E-state index in [9.17, 15) is 14.4 Å². The molecule has 2 heterocycles. The second-order valence-corrected chi connectivity index (χ2v) is 10.1. The smallest absolute Gasteiger partial charge is 0.334 e. The summed E-state index contributed by atoms with van der Waals surface area (Å²) in [5, 5.41) is 6.25. The molecule has 0 aliphatic carbocycles. The number of amides is 4. The van der Waals surface area contributed by atoms with Crippen molar-refractivity contribution in [2.45, 2.75) is 59.3 Å². The highest BCUT2D eigenvalue weighted by atomic mass is 16.5. The van der Waals surface area contributed by atoms with Gasteiger partial charge in [0.05, 0.1) is 20.2 Å². The van der Waals surface area contributed by atoms with Crippen LogP contribution in [-0.4, -0.2) is 83.7 Å². The van der Waals surface area contributed by atoms with Crippen molar-refractivity contribution >= 4 is 17.8 Å². The summed E-state index contributed by atoms with van der Waals surface area (Å²) in [6, 6.07) is 6.67. The van der Waals surface area contributed by atoms with Crippen LogP contribution in [0.15, 0.2) is 24.3 Å². The molecule has 0 unspecified atom stereocenters. The van der Waals surface area contributed by atoms with E-state index in [1.165, 1.54) is 0 Å². The molecule has 1 aromatic carbocycles. The minimum absolute atomic E-state index is 0.0119. The van der Waals surface area contributed by atoms with Gasteiger partial charge in [-0.15, -0.1) is 0 Å². The fraction of sp³-hybridized carbons (Fsp3) is 0.640. The Hall–Kier alpha value is -2.81. The molecule has 1 aromatic rings. The van der Waals surface area contributed by atoms with Gasteiger partial charge in [-0.1, -0.05) is 39.8 Å². The number of nitrogens with one attached hydrogen (secondary N) is 1. The highest BCUT2D eigenvalue weighted by Crippen LogP contribution is 2.29. The highest BCUT2D eigenvalue weighted by Gasteiger charge is 2.50. The molecule has 9 heteroatoms. The number of hydrogen-bond acceptors (Lipinski definition) is 5. The Balaban J connectivity index is 1.82. The van der Waals surface area contributed by atoms with Crippen molar-refractivity contribution in [2.75, 3.05) is 33.8 Å². The number of methoxy groups -OCH3 is 1. The molecule has 0 spiro atoms. The summed E-state index contributed by atoms with van der Waals surface area (Å²) in [7, 11) is 3.36. The number of rotatable bonds is 8. The summed E-state index contributed by atoms with van der Waals surface area (Å²) in [5.41, 5.74) is 0.941. The van der Waals surface area contributed by atoms with Gasteiger partial charge in [0.1, 0.15) is 18.0 Å². The predicted molar refractivity (Wildman–Crippen MR) is 130 cm³/mol. The minimum Gasteiger partial charge on any atom is -0.497 e. The lowest BCUT2D eigenvalue weighted by Gasteiger charge is -2.54. The number of carbonyl (C=O) groups is 3. The standard InChI is InChI=1S/C25H39N5O4/c1-17(2)11-12-28-15-22-29(21(24(28)32)13-18(3)4)23(31)16-27(5)30(22)25(33)26-14-19-7-9-20(34-6)10-8-19/h7-10,17-18,21-22H,11-16H2,1-6H3,(H,26,33)/t21-,22-/m0/s1. The van der Waals surface area contributed by atoms with E-state index in [4.69, 9.17) is 4.74 Å². The Morgan fingerprint density at radius 2 is 1.79 bits per heavy atom. The minimum atomic E-state index is -0.552. The lowest BCUT2D eigenvalue weighted by Crippen LogP contribution is -2.76. The van der Waals surface area contributed by atoms with Crippen molar-refractivity contribution < 1.29 is 19.1 Å². The Labute approximate surface area is 203 Å². The van der Waals surface area contributed by atoms with Crippen LogP contribution >= 0.6 is 0 Å². The van der Waals surface area contributed by atoms with E-state index < -0.39 is 12.2 Å². The van der Waals surface area contributed by atoms with E-state index in [-0.39, 0.29) is 30.3 Å². The lowest BCUT2D eigenvalue weighted by atomic mass is 9.96. The number of carbonyl (C=O) groups excluding carboxylic acids is 3. The van der Waals surface area contributed by atoms with Gasteiger partial charge in [0.15, 0.2) is 0 Å². The first-order valence-electron chi connectivity index (χ1n) is 12.1. The van der Waals surface area contributed by atoms with Gasteiger partial charge < -0.3 is 19.9 Å². The maximum atomic E-state index is 13.4. The Morgan fingerprint density at radius 1 is 1.12 bits per heavy atom. The van der Waals surface area contributed by atoms with Crippen molar-refractivity contribution in [3.05, 3.63) is 29.8 Å². The third-order valence-electron chi connectivity index (χ3n) is 6.42. The summed E-state index contributed by atoms with van der Waals surface area (Å²) < 4.78 is 5.19. The van der Waals surface area contributed by atoms with Crippen LogP contribution in [0.1, 0.15) is 46.1 Å². The predicted octanol–water partition coefficient (Wildman–Crippen LogP) is 2.52. The molecule has 3 rings (SSSR count). The zero-order chi connectivity index (χ0) is 25.0. The number of urea groups is 1. The molecule has 2 atom stereocenters. The molecule has 0 radical (unpaired) electrons. The normalized spacial score (nSPS) is 21.4. The average molecular weight is 474 g/mol. The van der Waals surface area contributed by atoms with E-state index in [1.807, 2.05) is 29.2 Å². The third-order valence-corrected chi connectivity index (χ3v) is 6.42. The largest absolute Gasteiger partial charge is 0.497 e. The van der Waals surface area contributed by atoms with Gasteiger partial charge in [-0.25, -0.2) is 14.8 Å². The van der Waals surface area contributed by atoms with Crippen molar-refractivity contribution in [1.29, 1.82) is 0 Å². The van der Waals surface area contributed by atoms with Crippen LogP contribution in [0, 0.1) is 11.8 Å². The second kappa shape index (κ2) is 11.1. The molecule has 4 amide bonds. The first-order valence-corrected chi connectivity index (χ1v) is 12.1. The van der Waals surface area contributed by atoms with Gasteiger partial charge in [0, 0.05) is 20.1 Å². The summed E-state index contributed by atoms with van der Waals surface area (Å²) in [5.74, 6) is 1.32. The van der Waals surface area contributed by atoms with Crippen LogP contribution in [0.3, 0.4) is 0 Å². The number of nitrogens with zero attached hydrogens (tertiary/aromatic N) is 4. The molecule has 2 aliphatic heterocycles. The lowest BCUT2D eigenvalue weighted by molar-refractivity contribution is -0.188. The Bertz CT molecular complexity index is 873. The van der Waals surface area contributed by atoms with Crippen molar-refractivity contribution in [3.8, 4) is 5.75 Å².